The van der Waals surface area contributed by atoms with E-state index >= 15 is 0 Å². The Bertz CT molecular complexity index is 603. The summed E-state index contributed by atoms with van der Waals surface area (Å²) in [4.78, 5) is 0. The summed E-state index contributed by atoms with van der Waals surface area (Å²) in [6, 6.07) is 16.7. The Morgan fingerprint density at radius 1 is 1.15 bits per heavy atom. The number of hydrogen-bond donors (Lipinski definition) is 1. The van der Waals surface area contributed by atoms with Gasteiger partial charge in [0.2, 0.25) is 0 Å². The van der Waals surface area contributed by atoms with E-state index < -0.39 is 0 Å². The van der Waals surface area contributed by atoms with Crippen LogP contribution in [-0.4, -0.2) is 13.7 Å². The minimum atomic E-state index is -0.252. The predicted molar refractivity (Wildman–Crippen MR) is 76.6 cm³/mol. The van der Waals surface area contributed by atoms with Crippen molar-refractivity contribution in [2.24, 2.45) is 5.73 Å². The third-order valence-corrected chi connectivity index (χ3v) is 2.94. The van der Waals surface area contributed by atoms with Gasteiger partial charge in [0.15, 0.2) is 0 Å². The molecule has 0 bridgehead atoms. The van der Waals surface area contributed by atoms with Gasteiger partial charge in [-0.3, -0.25) is 0 Å². The molecule has 0 spiro atoms. The standard InChI is InChI=1S/C16H16N2O2/c1-19-15-4-2-3-13(9-15)16(11-18)20-14-7-5-12(10-17)6-8-14/h2-9,16H,11,18H2,1H3. The lowest BCUT2D eigenvalue weighted by Gasteiger charge is -2.18. The number of nitriles is 1. The molecule has 1 atom stereocenters. The Morgan fingerprint density at radius 2 is 1.90 bits per heavy atom. The quantitative estimate of drug-likeness (QED) is 0.905. The Kier molecular flexibility index (Phi) is 4.59. The summed E-state index contributed by atoms with van der Waals surface area (Å²) in [5.74, 6) is 1.45. The highest BCUT2D eigenvalue weighted by molar-refractivity contribution is 5.36. The monoisotopic (exact) mass is 268 g/mol. The van der Waals surface area contributed by atoms with Gasteiger partial charge in [0.25, 0.3) is 0 Å². The molecular weight excluding hydrogens is 252 g/mol. The summed E-state index contributed by atoms with van der Waals surface area (Å²) < 4.78 is 11.1. The van der Waals surface area contributed by atoms with Crippen molar-refractivity contribution in [3.8, 4) is 17.6 Å². The number of nitrogens with zero attached hydrogens (tertiary/aromatic N) is 1. The molecule has 0 saturated heterocycles. The first-order valence-corrected chi connectivity index (χ1v) is 6.27. The molecule has 4 heteroatoms. The maximum Gasteiger partial charge on any atom is 0.136 e. The van der Waals surface area contributed by atoms with E-state index in [1.54, 1.807) is 31.4 Å². The Balaban J connectivity index is 2.17. The summed E-state index contributed by atoms with van der Waals surface area (Å²) in [6.07, 6.45) is -0.252. The fourth-order valence-corrected chi connectivity index (χ4v) is 1.87. The third kappa shape index (κ3) is 3.28. The largest absolute Gasteiger partial charge is 0.497 e. The summed E-state index contributed by atoms with van der Waals surface area (Å²) in [5, 5.41) is 8.77. The normalized spacial score (nSPS) is 11.4. The molecule has 0 heterocycles. The highest BCUT2D eigenvalue weighted by Crippen LogP contribution is 2.24. The lowest BCUT2D eigenvalue weighted by atomic mass is 10.1. The average molecular weight is 268 g/mol. The van der Waals surface area contributed by atoms with Crippen molar-refractivity contribution in [1.82, 2.24) is 0 Å². The number of ether oxygens (including phenoxy) is 2. The van der Waals surface area contributed by atoms with E-state index in [0.29, 0.717) is 17.9 Å². The van der Waals surface area contributed by atoms with E-state index in [2.05, 4.69) is 6.07 Å². The van der Waals surface area contributed by atoms with Crippen LogP contribution in [-0.2, 0) is 0 Å². The highest BCUT2D eigenvalue weighted by Gasteiger charge is 2.12. The average Bonchev–Trinajstić information content (AvgIpc) is 2.53. The molecule has 20 heavy (non-hydrogen) atoms. The van der Waals surface area contributed by atoms with Crippen molar-refractivity contribution >= 4 is 0 Å². The minimum absolute atomic E-state index is 0.252. The molecule has 0 radical (unpaired) electrons. The van der Waals surface area contributed by atoms with Gasteiger partial charge in [-0.05, 0) is 42.0 Å². The Labute approximate surface area is 118 Å². The van der Waals surface area contributed by atoms with Gasteiger partial charge in [0.05, 0.1) is 18.7 Å². The molecular formula is C16H16N2O2. The van der Waals surface area contributed by atoms with Gasteiger partial charge in [-0.15, -0.1) is 0 Å². The van der Waals surface area contributed by atoms with E-state index in [4.69, 9.17) is 20.5 Å². The third-order valence-electron chi connectivity index (χ3n) is 2.94. The zero-order valence-electron chi connectivity index (χ0n) is 11.2. The van der Waals surface area contributed by atoms with Crippen LogP contribution in [0, 0.1) is 11.3 Å². The molecule has 2 rings (SSSR count). The number of hydrogen-bond acceptors (Lipinski definition) is 4. The second-order valence-electron chi connectivity index (χ2n) is 4.25. The number of nitrogens with two attached hydrogens (primary N) is 1. The van der Waals surface area contributed by atoms with Crippen LogP contribution in [0.1, 0.15) is 17.2 Å². The van der Waals surface area contributed by atoms with Gasteiger partial charge in [-0.25, -0.2) is 0 Å². The first-order chi connectivity index (χ1) is 9.76. The molecule has 2 aromatic rings. The van der Waals surface area contributed by atoms with E-state index in [-0.39, 0.29) is 6.10 Å². The first kappa shape index (κ1) is 13.9. The lowest BCUT2D eigenvalue weighted by molar-refractivity contribution is 0.213. The summed E-state index contributed by atoms with van der Waals surface area (Å²) >= 11 is 0. The highest BCUT2D eigenvalue weighted by atomic mass is 16.5. The fraction of sp³-hybridized carbons (Fsp3) is 0.188. The molecule has 1 unspecified atom stereocenters. The minimum Gasteiger partial charge on any atom is -0.497 e. The van der Waals surface area contributed by atoms with Gasteiger partial charge in [-0.1, -0.05) is 12.1 Å². The Morgan fingerprint density at radius 3 is 2.50 bits per heavy atom. The molecule has 2 N–H and O–H groups in total. The molecule has 0 amide bonds. The van der Waals surface area contributed by atoms with Crippen molar-refractivity contribution in [2.45, 2.75) is 6.10 Å². The van der Waals surface area contributed by atoms with Gasteiger partial charge in [-0.2, -0.15) is 5.26 Å². The van der Waals surface area contributed by atoms with E-state index in [1.807, 2.05) is 24.3 Å². The van der Waals surface area contributed by atoms with E-state index in [1.165, 1.54) is 0 Å². The molecule has 0 aliphatic rings. The van der Waals surface area contributed by atoms with Gasteiger partial charge in [0.1, 0.15) is 17.6 Å². The summed E-state index contributed by atoms with van der Waals surface area (Å²) in [5.41, 5.74) is 7.34. The van der Waals surface area contributed by atoms with Crippen molar-refractivity contribution in [2.75, 3.05) is 13.7 Å². The predicted octanol–water partition coefficient (Wildman–Crippen LogP) is 2.65. The zero-order valence-corrected chi connectivity index (χ0v) is 11.2. The van der Waals surface area contributed by atoms with Crippen LogP contribution >= 0.6 is 0 Å². The van der Waals surface area contributed by atoms with Gasteiger partial charge < -0.3 is 15.2 Å². The van der Waals surface area contributed by atoms with Crippen LogP contribution in [0.3, 0.4) is 0 Å². The molecule has 102 valence electrons. The maximum atomic E-state index is 8.77. The molecule has 2 aromatic carbocycles. The SMILES string of the molecule is COc1cccc(C(CN)Oc2ccc(C#N)cc2)c1. The van der Waals surface area contributed by atoms with Crippen LogP contribution in [0.2, 0.25) is 0 Å². The number of rotatable bonds is 5. The Hall–Kier alpha value is -2.51. The van der Waals surface area contributed by atoms with Crippen molar-refractivity contribution in [3.05, 3.63) is 59.7 Å². The maximum absolute atomic E-state index is 8.77. The van der Waals surface area contributed by atoms with Crippen LogP contribution in [0.25, 0.3) is 0 Å². The van der Waals surface area contributed by atoms with Crippen molar-refractivity contribution in [3.63, 3.8) is 0 Å². The molecule has 0 saturated carbocycles. The van der Waals surface area contributed by atoms with Crippen molar-refractivity contribution in [1.29, 1.82) is 5.26 Å². The lowest BCUT2D eigenvalue weighted by Crippen LogP contribution is -2.18. The molecule has 0 fully saturated rings. The first-order valence-electron chi connectivity index (χ1n) is 6.27. The smallest absolute Gasteiger partial charge is 0.136 e. The van der Waals surface area contributed by atoms with Crippen LogP contribution < -0.4 is 15.2 Å². The van der Waals surface area contributed by atoms with Crippen LogP contribution in [0.15, 0.2) is 48.5 Å². The van der Waals surface area contributed by atoms with Crippen LogP contribution in [0.4, 0.5) is 0 Å². The molecule has 0 aromatic heterocycles. The summed E-state index contributed by atoms with van der Waals surface area (Å²) in [7, 11) is 1.62. The fourth-order valence-electron chi connectivity index (χ4n) is 1.87. The second-order valence-corrected chi connectivity index (χ2v) is 4.25. The van der Waals surface area contributed by atoms with E-state index in [0.717, 1.165) is 11.3 Å². The zero-order chi connectivity index (χ0) is 14.4. The number of methoxy groups -OCH3 is 1. The molecule has 0 aliphatic carbocycles. The van der Waals surface area contributed by atoms with Gasteiger partial charge >= 0.3 is 0 Å². The number of benzene rings is 2. The van der Waals surface area contributed by atoms with E-state index in [9.17, 15) is 0 Å². The van der Waals surface area contributed by atoms with Crippen LogP contribution in [0.5, 0.6) is 11.5 Å². The molecule has 0 aliphatic heterocycles. The molecule has 4 nitrogen and oxygen atoms in total. The second kappa shape index (κ2) is 6.60. The van der Waals surface area contributed by atoms with Crippen molar-refractivity contribution < 1.29 is 9.47 Å². The summed E-state index contributed by atoms with van der Waals surface area (Å²) in [6.45, 7) is 0.354. The van der Waals surface area contributed by atoms with Gasteiger partial charge in [0, 0.05) is 6.54 Å². The topological polar surface area (TPSA) is 68.3 Å².